The quantitative estimate of drug-likeness (QED) is 0.846. The first kappa shape index (κ1) is 17.2. The van der Waals surface area contributed by atoms with Crippen molar-refractivity contribution in [2.24, 2.45) is 0 Å². The van der Waals surface area contributed by atoms with Gasteiger partial charge >= 0.3 is 0 Å². The standard InChI is InChI=1S/C16H20N2O4S/c1-11(2)18-23(20,21)14-7-6-12(3)15(9-14)16(19)17-10-13-5-4-8-22-13/h4-9,11,18H,10H2,1-3H3,(H,17,19). The van der Waals surface area contributed by atoms with Gasteiger partial charge in [-0.1, -0.05) is 6.07 Å². The van der Waals surface area contributed by atoms with Crippen LogP contribution in [0.15, 0.2) is 45.9 Å². The number of hydrogen-bond acceptors (Lipinski definition) is 4. The first-order chi connectivity index (χ1) is 10.8. The zero-order valence-electron chi connectivity index (χ0n) is 13.3. The maximum atomic E-state index is 12.3. The lowest BCUT2D eigenvalue weighted by molar-refractivity contribution is 0.0947. The van der Waals surface area contributed by atoms with Gasteiger partial charge in [0.25, 0.3) is 5.91 Å². The fourth-order valence-corrected chi connectivity index (χ4v) is 3.34. The van der Waals surface area contributed by atoms with Crippen molar-refractivity contribution in [3.8, 4) is 0 Å². The minimum absolute atomic E-state index is 0.0694. The molecule has 2 N–H and O–H groups in total. The Kier molecular flexibility index (Phi) is 5.23. The average molecular weight is 336 g/mol. The molecule has 1 heterocycles. The molecule has 0 spiro atoms. The molecule has 23 heavy (non-hydrogen) atoms. The van der Waals surface area contributed by atoms with E-state index in [0.29, 0.717) is 16.9 Å². The summed E-state index contributed by atoms with van der Waals surface area (Å²) in [5.41, 5.74) is 1.02. The van der Waals surface area contributed by atoms with E-state index in [1.165, 1.54) is 18.4 Å². The van der Waals surface area contributed by atoms with Gasteiger partial charge < -0.3 is 9.73 Å². The second-order valence-corrected chi connectivity index (χ2v) is 7.23. The van der Waals surface area contributed by atoms with E-state index in [0.717, 1.165) is 0 Å². The molecule has 7 heteroatoms. The number of hydrogen-bond donors (Lipinski definition) is 2. The molecule has 0 atom stereocenters. The summed E-state index contributed by atoms with van der Waals surface area (Å²) < 4.78 is 32.1. The van der Waals surface area contributed by atoms with E-state index >= 15 is 0 Å². The molecule has 2 rings (SSSR count). The Bertz CT molecular complexity index is 780. The van der Waals surface area contributed by atoms with E-state index in [4.69, 9.17) is 4.42 Å². The number of carbonyl (C=O) groups is 1. The average Bonchev–Trinajstić information content (AvgIpc) is 2.97. The van der Waals surface area contributed by atoms with Crippen molar-refractivity contribution in [2.75, 3.05) is 0 Å². The number of carbonyl (C=O) groups excluding carboxylic acids is 1. The summed E-state index contributed by atoms with van der Waals surface area (Å²) in [7, 11) is -3.64. The number of rotatable bonds is 6. The van der Waals surface area contributed by atoms with Crippen LogP contribution in [0.3, 0.4) is 0 Å². The Hall–Kier alpha value is -2.12. The van der Waals surface area contributed by atoms with Crippen LogP contribution in [0.1, 0.15) is 35.5 Å². The van der Waals surface area contributed by atoms with Crippen molar-refractivity contribution in [3.63, 3.8) is 0 Å². The number of amides is 1. The highest BCUT2D eigenvalue weighted by atomic mass is 32.2. The van der Waals surface area contributed by atoms with Gasteiger partial charge in [-0.15, -0.1) is 0 Å². The smallest absolute Gasteiger partial charge is 0.251 e. The lowest BCUT2D eigenvalue weighted by atomic mass is 10.1. The molecular weight excluding hydrogens is 316 g/mol. The molecule has 0 aliphatic rings. The SMILES string of the molecule is Cc1ccc(S(=O)(=O)NC(C)C)cc1C(=O)NCc1ccco1. The lowest BCUT2D eigenvalue weighted by Gasteiger charge is -2.12. The van der Waals surface area contributed by atoms with Gasteiger partial charge in [0.05, 0.1) is 17.7 Å². The third-order valence-corrected chi connectivity index (χ3v) is 4.81. The van der Waals surface area contributed by atoms with E-state index in [2.05, 4.69) is 10.0 Å². The maximum Gasteiger partial charge on any atom is 0.251 e. The van der Waals surface area contributed by atoms with Crippen LogP contribution in [0.2, 0.25) is 0 Å². The fraction of sp³-hybridized carbons (Fsp3) is 0.312. The van der Waals surface area contributed by atoms with Crippen molar-refractivity contribution >= 4 is 15.9 Å². The van der Waals surface area contributed by atoms with Gasteiger partial charge in [-0.25, -0.2) is 13.1 Å². The molecule has 6 nitrogen and oxygen atoms in total. The number of aryl methyl sites for hydroxylation is 1. The van der Waals surface area contributed by atoms with Crippen molar-refractivity contribution in [3.05, 3.63) is 53.5 Å². The minimum atomic E-state index is -3.64. The summed E-state index contributed by atoms with van der Waals surface area (Å²) in [4.78, 5) is 12.4. The third kappa shape index (κ3) is 4.43. The van der Waals surface area contributed by atoms with Gasteiger partial charge in [-0.2, -0.15) is 0 Å². The first-order valence-electron chi connectivity index (χ1n) is 7.23. The summed E-state index contributed by atoms with van der Waals surface area (Å²) in [6.45, 7) is 5.48. The zero-order chi connectivity index (χ0) is 17.0. The molecule has 0 aliphatic heterocycles. The summed E-state index contributed by atoms with van der Waals surface area (Å²) in [6, 6.07) is 7.76. The molecule has 1 aromatic heterocycles. The Morgan fingerprint density at radius 2 is 2.00 bits per heavy atom. The van der Waals surface area contributed by atoms with Crippen LogP contribution < -0.4 is 10.0 Å². The van der Waals surface area contributed by atoms with Crippen molar-refractivity contribution in [2.45, 2.75) is 38.3 Å². The molecule has 0 radical (unpaired) electrons. The summed E-state index contributed by atoms with van der Waals surface area (Å²) >= 11 is 0. The summed E-state index contributed by atoms with van der Waals surface area (Å²) in [5, 5.41) is 2.71. The number of nitrogens with one attached hydrogen (secondary N) is 2. The molecule has 0 bridgehead atoms. The highest BCUT2D eigenvalue weighted by molar-refractivity contribution is 7.89. The van der Waals surface area contributed by atoms with E-state index in [9.17, 15) is 13.2 Å². The van der Waals surface area contributed by atoms with Crippen molar-refractivity contribution in [1.29, 1.82) is 0 Å². The number of furan rings is 1. The van der Waals surface area contributed by atoms with Crippen LogP contribution in [0, 0.1) is 6.92 Å². The van der Waals surface area contributed by atoms with Crippen LogP contribution in [0.5, 0.6) is 0 Å². The molecular formula is C16H20N2O4S. The molecule has 0 unspecified atom stereocenters. The molecule has 0 saturated heterocycles. The highest BCUT2D eigenvalue weighted by Gasteiger charge is 2.18. The third-order valence-electron chi connectivity index (χ3n) is 3.16. The van der Waals surface area contributed by atoms with Gasteiger partial charge in [0.15, 0.2) is 0 Å². The largest absolute Gasteiger partial charge is 0.467 e. The zero-order valence-corrected chi connectivity index (χ0v) is 14.1. The van der Waals surface area contributed by atoms with E-state index in [1.807, 2.05) is 0 Å². The van der Waals surface area contributed by atoms with Gasteiger partial charge in [0, 0.05) is 11.6 Å². The number of benzene rings is 1. The fourth-order valence-electron chi connectivity index (χ4n) is 2.07. The Balaban J connectivity index is 2.21. The van der Waals surface area contributed by atoms with Gasteiger partial charge in [0.1, 0.15) is 5.76 Å². The highest BCUT2D eigenvalue weighted by Crippen LogP contribution is 2.16. The lowest BCUT2D eigenvalue weighted by Crippen LogP contribution is -2.30. The second-order valence-electron chi connectivity index (χ2n) is 5.51. The Morgan fingerprint density at radius 1 is 1.26 bits per heavy atom. The minimum Gasteiger partial charge on any atom is -0.467 e. The van der Waals surface area contributed by atoms with Crippen LogP contribution >= 0.6 is 0 Å². The van der Waals surface area contributed by atoms with E-state index < -0.39 is 10.0 Å². The predicted molar refractivity (Wildman–Crippen MR) is 86.5 cm³/mol. The molecule has 1 aromatic carbocycles. The van der Waals surface area contributed by atoms with Gasteiger partial charge in [-0.05, 0) is 50.6 Å². The summed E-state index contributed by atoms with van der Waals surface area (Å²) in [5.74, 6) is 0.279. The van der Waals surface area contributed by atoms with Crippen LogP contribution in [0.4, 0.5) is 0 Å². The first-order valence-corrected chi connectivity index (χ1v) is 8.71. The predicted octanol–water partition coefficient (Wildman–Crippen LogP) is 2.20. The molecule has 0 saturated carbocycles. The molecule has 124 valence electrons. The van der Waals surface area contributed by atoms with Crippen LogP contribution in [-0.4, -0.2) is 20.4 Å². The molecule has 2 aromatic rings. The van der Waals surface area contributed by atoms with Crippen molar-refractivity contribution < 1.29 is 17.6 Å². The molecule has 0 fully saturated rings. The van der Waals surface area contributed by atoms with Crippen molar-refractivity contribution in [1.82, 2.24) is 10.0 Å². The topological polar surface area (TPSA) is 88.4 Å². The second kappa shape index (κ2) is 6.97. The Morgan fingerprint density at radius 3 is 2.61 bits per heavy atom. The van der Waals surface area contributed by atoms with Gasteiger partial charge in [-0.3, -0.25) is 4.79 Å². The van der Waals surface area contributed by atoms with E-state index in [1.54, 1.807) is 39.0 Å². The normalized spacial score (nSPS) is 11.7. The van der Waals surface area contributed by atoms with Gasteiger partial charge in [0.2, 0.25) is 10.0 Å². The Labute approximate surface area is 135 Å². The van der Waals surface area contributed by atoms with Crippen LogP contribution in [0.25, 0.3) is 0 Å². The maximum absolute atomic E-state index is 12.3. The molecule has 1 amide bonds. The van der Waals surface area contributed by atoms with Crippen LogP contribution in [-0.2, 0) is 16.6 Å². The monoisotopic (exact) mass is 336 g/mol. The van der Waals surface area contributed by atoms with E-state index in [-0.39, 0.29) is 23.4 Å². The summed E-state index contributed by atoms with van der Waals surface area (Å²) in [6.07, 6.45) is 1.53. The molecule has 0 aliphatic carbocycles. The number of sulfonamides is 1.